The van der Waals surface area contributed by atoms with Crippen molar-refractivity contribution in [3.63, 3.8) is 0 Å². The van der Waals surface area contributed by atoms with E-state index in [1.165, 1.54) is 0 Å². The zero-order valence-electron chi connectivity index (χ0n) is 11.7. The van der Waals surface area contributed by atoms with Crippen molar-refractivity contribution in [2.75, 3.05) is 13.8 Å². The van der Waals surface area contributed by atoms with Gasteiger partial charge in [-0.25, -0.2) is 0 Å². The number of fused-ring (bicyclic) bond motifs is 1. The van der Waals surface area contributed by atoms with Crippen LogP contribution in [0.4, 0.5) is 0 Å². The molecule has 1 aliphatic heterocycles. The third kappa shape index (κ3) is 2.47. The van der Waals surface area contributed by atoms with Gasteiger partial charge in [-0.3, -0.25) is 9.88 Å². The minimum absolute atomic E-state index is 0.245. The highest BCUT2D eigenvalue weighted by atomic mass is 16.7. The second-order valence-corrected chi connectivity index (χ2v) is 5.00. The summed E-state index contributed by atoms with van der Waals surface area (Å²) < 4.78 is 11.0. The monoisotopic (exact) mass is 270 g/mol. The van der Waals surface area contributed by atoms with E-state index >= 15 is 0 Å². The van der Waals surface area contributed by atoms with Gasteiger partial charge in [0.15, 0.2) is 11.5 Å². The highest BCUT2D eigenvalue weighted by Gasteiger charge is 2.20. The molecule has 0 aliphatic carbocycles. The number of rotatable bonds is 4. The Hall–Kier alpha value is -2.07. The molecule has 1 aromatic heterocycles. The van der Waals surface area contributed by atoms with Crippen LogP contribution in [-0.2, 0) is 6.54 Å². The molecule has 0 amide bonds. The first-order valence-electron chi connectivity index (χ1n) is 6.74. The van der Waals surface area contributed by atoms with E-state index in [4.69, 9.17) is 9.47 Å². The quantitative estimate of drug-likeness (QED) is 0.855. The molecule has 0 bridgehead atoms. The fraction of sp³-hybridized carbons (Fsp3) is 0.312. The van der Waals surface area contributed by atoms with Gasteiger partial charge >= 0.3 is 0 Å². The maximum absolute atomic E-state index is 5.55. The Labute approximate surface area is 119 Å². The summed E-state index contributed by atoms with van der Waals surface area (Å²) in [5.41, 5.74) is 2.21. The predicted molar refractivity (Wildman–Crippen MR) is 76.7 cm³/mol. The largest absolute Gasteiger partial charge is 0.454 e. The van der Waals surface area contributed by atoms with Crippen molar-refractivity contribution < 1.29 is 9.47 Å². The molecule has 20 heavy (non-hydrogen) atoms. The number of para-hydroxylation sites is 1. The summed E-state index contributed by atoms with van der Waals surface area (Å²) in [6.45, 7) is 3.26. The molecular formula is C16H18N2O2. The lowest BCUT2D eigenvalue weighted by molar-refractivity contribution is 0.171. The van der Waals surface area contributed by atoms with Gasteiger partial charge in [0.1, 0.15) is 0 Å². The lowest BCUT2D eigenvalue weighted by atomic mass is 10.1. The lowest BCUT2D eigenvalue weighted by Gasteiger charge is -2.24. The lowest BCUT2D eigenvalue weighted by Crippen LogP contribution is -2.22. The molecule has 0 unspecified atom stereocenters. The molecule has 104 valence electrons. The van der Waals surface area contributed by atoms with Crippen molar-refractivity contribution in [1.82, 2.24) is 9.88 Å². The summed E-state index contributed by atoms with van der Waals surface area (Å²) in [6.07, 6.45) is 1.83. The first kappa shape index (κ1) is 12.9. The second-order valence-electron chi connectivity index (χ2n) is 5.00. The normalized spacial score (nSPS) is 14.6. The molecular weight excluding hydrogens is 252 g/mol. The van der Waals surface area contributed by atoms with E-state index in [-0.39, 0.29) is 6.04 Å². The molecule has 1 aromatic carbocycles. The maximum atomic E-state index is 5.55. The Morgan fingerprint density at radius 2 is 2.10 bits per heavy atom. The molecule has 0 saturated carbocycles. The van der Waals surface area contributed by atoms with Gasteiger partial charge < -0.3 is 9.47 Å². The van der Waals surface area contributed by atoms with Crippen LogP contribution in [0.2, 0.25) is 0 Å². The van der Waals surface area contributed by atoms with Crippen LogP contribution in [0, 0.1) is 0 Å². The summed E-state index contributed by atoms with van der Waals surface area (Å²) >= 11 is 0. The van der Waals surface area contributed by atoms with Crippen LogP contribution in [0.5, 0.6) is 11.5 Å². The molecule has 0 saturated heterocycles. The van der Waals surface area contributed by atoms with Crippen molar-refractivity contribution in [3.05, 3.63) is 53.9 Å². The van der Waals surface area contributed by atoms with E-state index in [2.05, 4.69) is 36.0 Å². The zero-order chi connectivity index (χ0) is 13.9. The summed E-state index contributed by atoms with van der Waals surface area (Å²) in [6, 6.07) is 12.3. The Morgan fingerprint density at radius 3 is 2.90 bits per heavy atom. The Kier molecular flexibility index (Phi) is 3.56. The van der Waals surface area contributed by atoms with Crippen molar-refractivity contribution in [1.29, 1.82) is 0 Å². The van der Waals surface area contributed by atoms with Gasteiger partial charge in [-0.05, 0) is 32.2 Å². The van der Waals surface area contributed by atoms with E-state index in [9.17, 15) is 0 Å². The summed E-state index contributed by atoms with van der Waals surface area (Å²) in [5.74, 6) is 1.70. The smallest absolute Gasteiger partial charge is 0.231 e. The van der Waals surface area contributed by atoms with Gasteiger partial charge in [-0.1, -0.05) is 18.2 Å². The molecule has 0 radical (unpaired) electrons. The minimum Gasteiger partial charge on any atom is -0.454 e. The Balaban J connectivity index is 1.77. The molecule has 1 atom stereocenters. The second kappa shape index (κ2) is 5.51. The van der Waals surface area contributed by atoms with E-state index < -0.39 is 0 Å². The van der Waals surface area contributed by atoms with E-state index in [1.807, 2.05) is 30.5 Å². The van der Waals surface area contributed by atoms with Crippen LogP contribution in [0.3, 0.4) is 0 Å². The number of hydrogen-bond acceptors (Lipinski definition) is 4. The standard InChI is InChI=1S/C16H18N2O2/c1-12(14-7-3-4-9-17-14)18(2)10-13-6-5-8-15-16(13)20-11-19-15/h3-9,12H,10-11H2,1-2H3/t12-/m0/s1. The molecule has 2 aromatic rings. The number of nitrogens with zero attached hydrogens (tertiary/aromatic N) is 2. The van der Waals surface area contributed by atoms with Gasteiger partial charge in [0.05, 0.1) is 5.69 Å². The molecule has 3 rings (SSSR count). The summed E-state index contributed by atoms with van der Waals surface area (Å²) in [5, 5.41) is 0. The number of aromatic nitrogens is 1. The van der Waals surface area contributed by atoms with Crippen LogP contribution in [0.25, 0.3) is 0 Å². The van der Waals surface area contributed by atoms with Gasteiger partial charge in [0, 0.05) is 24.3 Å². The third-order valence-electron chi connectivity index (χ3n) is 3.67. The maximum Gasteiger partial charge on any atom is 0.231 e. The van der Waals surface area contributed by atoms with E-state index in [0.717, 1.165) is 29.3 Å². The first-order valence-corrected chi connectivity index (χ1v) is 6.74. The van der Waals surface area contributed by atoms with E-state index in [1.54, 1.807) is 0 Å². The van der Waals surface area contributed by atoms with Crippen molar-refractivity contribution in [2.24, 2.45) is 0 Å². The van der Waals surface area contributed by atoms with Gasteiger partial charge in [-0.2, -0.15) is 0 Å². The molecule has 0 N–H and O–H groups in total. The molecule has 2 heterocycles. The average molecular weight is 270 g/mol. The highest BCUT2D eigenvalue weighted by Crippen LogP contribution is 2.36. The molecule has 1 aliphatic rings. The van der Waals surface area contributed by atoms with Crippen LogP contribution in [0.1, 0.15) is 24.2 Å². The number of ether oxygens (including phenoxy) is 2. The van der Waals surface area contributed by atoms with Gasteiger partial charge in [0.2, 0.25) is 6.79 Å². The SMILES string of the molecule is C[C@@H](c1ccccn1)N(C)Cc1cccc2c1OCO2. The minimum atomic E-state index is 0.245. The Morgan fingerprint density at radius 1 is 1.20 bits per heavy atom. The van der Waals surface area contributed by atoms with Crippen LogP contribution in [-0.4, -0.2) is 23.7 Å². The Bertz CT molecular complexity index is 586. The van der Waals surface area contributed by atoms with Crippen molar-refractivity contribution >= 4 is 0 Å². The van der Waals surface area contributed by atoms with Crippen LogP contribution < -0.4 is 9.47 Å². The first-order chi connectivity index (χ1) is 9.75. The number of benzene rings is 1. The van der Waals surface area contributed by atoms with Gasteiger partial charge in [0.25, 0.3) is 0 Å². The highest BCUT2D eigenvalue weighted by molar-refractivity contribution is 5.48. The van der Waals surface area contributed by atoms with Crippen LogP contribution >= 0.6 is 0 Å². The van der Waals surface area contributed by atoms with Crippen molar-refractivity contribution in [2.45, 2.75) is 19.5 Å². The van der Waals surface area contributed by atoms with E-state index in [0.29, 0.717) is 6.79 Å². The molecule has 0 fully saturated rings. The topological polar surface area (TPSA) is 34.6 Å². The van der Waals surface area contributed by atoms with Crippen LogP contribution in [0.15, 0.2) is 42.6 Å². The number of pyridine rings is 1. The summed E-state index contributed by atoms with van der Waals surface area (Å²) in [4.78, 5) is 6.67. The summed E-state index contributed by atoms with van der Waals surface area (Å²) in [7, 11) is 2.09. The van der Waals surface area contributed by atoms with Gasteiger partial charge in [-0.15, -0.1) is 0 Å². The zero-order valence-corrected chi connectivity index (χ0v) is 11.7. The fourth-order valence-electron chi connectivity index (χ4n) is 2.37. The molecule has 0 spiro atoms. The van der Waals surface area contributed by atoms with Crippen molar-refractivity contribution in [3.8, 4) is 11.5 Å². The average Bonchev–Trinajstić information content (AvgIpc) is 2.97. The molecule has 4 nitrogen and oxygen atoms in total. The third-order valence-corrected chi connectivity index (χ3v) is 3.67. The predicted octanol–water partition coefficient (Wildman–Crippen LogP) is 3.00. The fourth-order valence-corrected chi connectivity index (χ4v) is 2.37. The number of hydrogen-bond donors (Lipinski definition) is 0. The molecule has 4 heteroatoms.